The van der Waals surface area contributed by atoms with Crippen molar-refractivity contribution < 1.29 is 27.5 Å². The third kappa shape index (κ3) is 5.76. The second-order valence-electron chi connectivity index (χ2n) is 6.04. The van der Waals surface area contributed by atoms with Gasteiger partial charge in [0.15, 0.2) is 6.10 Å². The summed E-state index contributed by atoms with van der Waals surface area (Å²) in [6.07, 6.45) is -1.22. The third-order valence-corrected chi connectivity index (χ3v) is 5.84. The number of esters is 1. The highest BCUT2D eigenvalue weighted by Crippen LogP contribution is 2.18. The Labute approximate surface area is 158 Å². The number of sulfonamides is 1. The average Bonchev–Trinajstić information content (AvgIpc) is 2.59. The van der Waals surface area contributed by atoms with E-state index in [9.17, 15) is 22.8 Å². The molecule has 0 saturated heterocycles. The Morgan fingerprint density at radius 1 is 1.11 bits per heavy atom. The highest BCUT2D eigenvalue weighted by atomic mass is 32.2. The quantitative estimate of drug-likeness (QED) is 0.628. The molecule has 150 valence electrons. The van der Waals surface area contributed by atoms with Gasteiger partial charge in [-0.15, -0.1) is 0 Å². The predicted molar refractivity (Wildman–Crippen MR) is 98.3 cm³/mol. The number of primary amides is 1. The summed E-state index contributed by atoms with van der Waals surface area (Å²) < 4.78 is 31.3. The van der Waals surface area contributed by atoms with Gasteiger partial charge in [-0.1, -0.05) is 27.7 Å². The van der Waals surface area contributed by atoms with E-state index in [4.69, 9.17) is 10.5 Å². The fraction of sp³-hybridized carbons (Fsp3) is 0.471. The highest BCUT2D eigenvalue weighted by molar-refractivity contribution is 7.89. The van der Waals surface area contributed by atoms with Crippen LogP contribution in [0.3, 0.4) is 0 Å². The SMILES string of the molecule is CCN(CC)S(=O)(=O)c1ccc(C(=O)O[C@H](C(=O)NC(N)=O)C(C)C)cc1. The highest BCUT2D eigenvalue weighted by Gasteiger charge is 2.28. The Hall–Kier alpha value is -2.46. The maximum absolute atomic E-state index is 12.4. The van der Waals surface area contributed by atoms with E-state index < -0.39 is 40.0 Å². The van der Waals surface area contributed by atoms with Crippen LogP contribution < -0.4 is 11.1 Å². The minimum atomic E-state index is -3.64. The molecule has 0 radical (unpaired) electrons. The van der Waals surface area contributed by atoms with Crippen LogP contribution in [0.2, 0.25) is 0 Å². The second kappa shape index (κ2) is 9.47. The van der Waals surface area contributed by atoms with Crippen LogP contribution >= 0.6 is 0 Å². The lowest BCUT2D eigenvalue weighted by molar-refractivity contribution is -0.130. The van der Waals surface area contributed by atoms with Gasteiger partial charge in [-0.25, -0.2) is 18.0 Å². The third-order valence-electron chi connectivity index (χ3n) is 3.78. The van der Waals surface area contributed by atoms with E-state index in [1.54, 1.807) is 27.7 Å². The summed E-state index contributed by atoms with van der Waals surface area (Å²) in [5, 5.41) is 1.87. The summed E-state index contributed by atoms with van der Waals surface area (Å²) in [6, 6.07) is 4.17. The van der Waals surface area contributed by atoms with Gasteiger partial charge in [0.05, 0.1) is 10.5 Å². The number of carbonyl (C=O) groups is 3. The normalized spacial score (nSPS) is 12.7. The Balaban J connectivity index is 2.99. The Kier molecular flexibility index (Phi) is 7.92. The number of nitrogens with one attached hydrogen (secondary N) is 1. The molecule has 3 amide bonds. The number of hydrogen-bond donors (Lipinski definition) is 2. The number of hydrogen-bond acceptors (Lipinski definition) is 6. The minimum absolute atomic E-state index is 0.0506. The van der Waals surface area contributed by atoms with Crippen LogP contribution in [0.5, 0.6) is 0 Å². The minimum Gasteiger partial charge on any atom is -0.448 e. The molecule has 0 aromatic heterocycles. The number of amides is 3. The van der Waals surface area contributed by atoms with Crippen LogP contribution in [0.15, 0.2) is 29.2 Å². The Morgan fingerprint density at radius 3 is 2.04 bits per heavy atom. The molecule has 10 heteroatoms. The maximum Gasteiger partial charge on any atom is 0.338 e. The predicted octanol–water partition coefficient (Wildman–Crippen LogP) is 1.09. The van der Waals surface area contributed by atoms with Gasteiger partial charge in [-0.2, -0.15) is 4.31 Å². The molecule has 9 nitrogen and oxygen atoms in total. The zero-order chi connectivity index (χ0) is 20.8. The van der Waals surface area contributed by atoms with E-state index in [-0.39, 0.29) is 10.5 Å². The van der Waals surface area contributed by atoms with Crippen LogP contribution in [-0.4, -0.2) is 49.8 Å². The summed E-state index contributed by atoms with van der Waals surface area (Å²) in [4.78, 5) is 35.1. The van der Waals surface area contributed by atoms with E-state index in [0.717, 1.165) is 0 Å². The second-order valence-corrected chi connectivity index (χ2v) is 7.98. The van der Waals surface area contributed by atoms with Gasteiger partial charge in [0, 0.05) is 13.1 Å². The fourth-order valence-electron chi connectivity index (χ4n) is 2.34. The van der Waals surface area contributed by atoms with E-state index in [2.05, 4.69) is 0 Å². The largest absolute Gasteiger partial charge is 0.448 e. The summed E-state index contributed by atoms with van der Waals surface area (Å²) >= 11 is 0. The molecule has 0 aliphatic carbocycles. The maximum atomic E-state index is 12.4. The molecule has 3 N–H and O–H groups in total. The first-order valence-corrected chi connectivity index (χ1v) is 9.90. The topological polar surface area (TPSA) is 136 Å². The number of imide groups is 1. The van der Waals surface area contributed by atoms with Crippen LogP contribution in [0, 0.1) is 5.92 Å². The summed E-state index contributed by atoms with van der Waals surface area (Å²) in [6.45, 7) is 7.39. The lowest BCUT2D eigenvalue weighted by Gasteiger charge is -2.20. The summed E-state index contributed by atoms with van der Waals surface area (Å²) in [5.41, 5.74) is 4.98. The van der Waals surface area contributed by atoms with Crippen molar-refractivity contribution in [2.75, 3.05) is 13.1 Å². The first-order valence-electron chi connectivity index (χ1n) is 8.46. The molecule has 0 unspecified atom stereocenters. The summed E-state index contributed by atoms with van der Waals surface area (Å²) in [5.74, 6) is -2.05. The van der Waals surface area contributed by atoms with Crippen LogP contribution in [0.4, 0.5) is 4.79 Å². The van der Waals surface area contributed by atoms with Crippen LogP contribution in [0.25, 0.3) is 0 Å². The standard InChI is InChI=1S/C17H25N3O6S/c1-5-20(6-2)27(24,25)13-9-7-12(8-10-13)16(22)26-14(11(3)4)15(21)19-17(18)23/h7-11,14H,5-6H2,1-4H3,(H3,18,19,21,23)/t14-/m0/s1. The fourth-order valence-corrected chi connectivity index (χ4v) is 3.80. The molecular formula is C17H25N3O6S. The molecule has 0 heterocycles. The van der Waals surface area contributed by atoms with Gasteiger partial charge < -0.3 is 10.5 Å². The van der Waals surface area contributed by atoms with E-state index >= 15 is 0 Å². The van der Waals surface area contributed by atoms with E-state index in [1.165, 1.54) is 28.6 Å². The number of ether oxygens (including phenoxy) is 1. The van der Waals surface area contributed by atoms with Crippen molar-refractivity contribution in [2.45, 2.75) is 38.7 Å². The van der Waals surface area contributed by atoms with Gasteiger partial charge >= 0.3 is 12.0 Å². The van der Waals surface area contributed by atoms with Crippen molar-refractivity contribution in [1.82, 2.24) is 9.62 Å². The molecule has 1 rings (SSSR count). The monoisotopic (exact) mass is 399 g/mol. The molecule has 0 fully saturated rings. The molecular weight excluding hydrogens is 374 g/mol. The van der Waals surface area contributed by atoms with Crippen molar-refractivity contribution >= 4 is 27.9 Å². The van der Waals surface area contributed by atoms with Gasteiger partial charge in [0.2, 0.25) is 10.0 Å². The van der Waals surface area contributed by atoms with Gasteiger partial charge in [0.25, 0.3) is 5.91 Å². The lowest BCUT2D eigenvalue weighted by Crippen LogP contribution is -2.45. The number of nitrogens with zero attached hydrogens (tertiary/aromatic N) is 1. The van der Waals surface area contributed by atoms with Crippen molar-refractivity contribution in [2.24, 2.45) is 11.7 Å². The smallest absolute Gasteiger partial charge is 0.338 e. The van der Waals surface area contributed by atoms with E-state index in [1.807, 2.05) is 5.32 Å². The zero-order valence-corrected chi connectivity index (χ0v) is 16.6. The number of benzene rings is 1. The summed E-state index contributed by atoms with van der Waals surface area (Å²) in [7, 11) is -3.64. The van der Waals surface area contributed by atoms with Gasteiger partial charge in [-0.3, -0.25) is 10.1 Å². The number of carbonyl (C=O) groups excluding carboxylic acids is 3. The number of nitrogens with two attached hydrogens (primary N) is 1. The molecule has 0 saturated carbocycles. The zero-order valence-electron chi connectivity index (χ0n) is 15.8. The molecule has 1 aromatic rings. The number of rotatable bonds is 8. The van der Waals surface area contributed by atoms with E-state index in [0.29, 0.717) is 13.1 Å². The van der Waals surface area contributed by atoms with Gasteiger partial charge in [0.1, 0.15) is 0 Å². The lowest BCUT2D eigenvalue weighted by atomic mass is 10.1. The van der Waals surface area contributed by atoms with Crippen molar-refractivity contribution in [3.05, 3.63) is 29.8 Å². The Morgan fingerprint density at radius 2 is 1.63 bits per heavy atom. The average molecular weight is 399 g/mol. The van der Waals surface area contributed by atoms with Crippen molar-refractivity contribution in [3.8, 4) is 0 Å². The first kappa shape index (κ1) is 22.6. The molecule has 0 aliphatic heterocycles. The molecule has 0 aliphatic rings. The number of urea groups is 1. The van der Waals surface area contributed by atoms with Gasteiger partial charge in [-0.05, 0) is 30.2 Å². The molecule has 27 heavy (non-hydrogen) atoms. The van der Waals surface area contributed by atoms with Crippen molar-refractivity contribution in [1.29, 1.82) is 0 Å². The first-order chi connectivity index (χ1) is 12.5. The molecule has 0 spiro atoms. The van der Waals surface area contributed by atoms with Crippen molar-refractivity contribution in [3.63, 3.8) is 0 Å². The molecule has 0 bridgehead atoms. The van der Waals surface area contributed by atoms with Crippen LogP contribution in [-0.2, 0) is 19.6 Å². The molecule has 1 aromatic carbocycles. The van der Waals surface area contributed by atoms with Crippen LogP contribution in [0.1, 0.15) is 38.1 Å². The Bertz CT molecular complexity index is 785. The molecule has 1 atom stereocenters.